The minimum absolute atomic E-state index is 0.125. The Morgan fingerprint density at radius 3 is 3.00 bits per heavy atom. The van der Waals surface area contributed by atoms with Crippen molar-refractivity contribution in [2.75, 3.05) is 7.11 Å². The summed E-state index contributed by atoms with van der Waals surface area (Å²) in [6.45, 7) is 2.66. The van der Waals surface area contributed by atoms with E-state index in [4.69, 9.17) is 10.5 Å². The van der Waals surface area contributed by atoms with Crippen LogP contribution in [0.3, 0.4) is 0 Å². The second kappa shape index (κ2) is 3.39. The lowest BCUT2D eigenvalue weighted by atomic mass is 10.4. The van der Waals surface area contributed by atoms with Gasteiger partial charge in [0, 0.05) is 6.04 Å². The molecule has 2 N–H and O–H groups in total. The van der Waals surface area contributed by atoms with Crippen molar-refractivity contribution in [2.45, 2.75) is 19.5 Å². The molecule has 0 unspecified atom stereocenters. The van der Waals surface area contributed by atoms with Crippen LogP contribution < -0.4 is 10.5 Å². The fraction of sp³-hybridized carbons (Fsp3) is 0.571. The molecule has 1 atom stereocenters. The molecule has 0 aliphatic carbocycles. The third-order valence-electron chi connectivity index (χ3n) is 1.32. The van der Waals surface area contributed by atoms with E-state index in [0.29, 0.717) is 0 Å². The normalized spacial score (nSPS) is 13.0. The van der Waals surface area contributed by atoms with E-state index in [0.717, 1.165) is 12.3 Å². The highest BCUT2D eigenvalue weighted by Gasteiger charge is 1.99. The van der Waals surface area contributed by atoms with Gasteiger partial charge in [0.25, 0.3) is 0 Å². The molecule has 1 rings (SSSR count). The van der Waals surface area contributed by atoms with Crippen LogP contribution in [0, 0.1) is 0 Å². The summed E-state index contributed by atoms with van der Waals surface area (Å²) in [5.41, 5.74) is 5.57. The fourth-order valence-corrected chi connectivity index (χ4v) is 0.845. The first-order chi connectivity index (χ1) is 5.22. The van der Waals surface area contributed by atoms with Crippen LogP contribution in [0.25, 0.3) is 0 Å². The van der Waals surface area contributed by atoms with Crippen molar-refractivity contribution in [3.05, 3.63) is 12.4 Å². The van der Waals surface area contributed by atoms with Crippen LogP contribution in [0.15, 0.2) is 12.4 Å². The molecule has 0 amide bonds. The maximum Gasteiger partial charge on any atom is 0.156 e. The predicted molar refractivity (Wildman–Crippen MR) is 42.4 cm³/mol. The second-order valence-electron chi connectivity index (χ2n) is 2.58. The molecule has 0 spiro atoms. The van der Waals surface area contributed by atoms with Crippen LogP contribution >= 0.6 is 0 Å². The quantitative estimate of drug-likeness (QED) is 0.680. The van der Waals surface area contributed by atoms with Crippen molar-refractivity contribution in [3.63, 3.8) is 0 Å². The molecular formula is C7H13N3O. The Morgan fingerprint density at radius 1 is 1.82 bits per heavy atom. The molecular weight excluding hydrogens is 142 g/mol. The van der Waals surface area contributed by atoms with E-state index in [1.165, 1.54) is 0 Å². The Hall–Kier alpha value is -1.03. The Kier molecular flexibility index (Phi) is 2.48. The lowest BCUT2D eigenvalue weighted by Gasteiger charge is -2.03. The van der Waals surface area contributed by atoms with Gasteiger partial charge >= 0.3 is 0 Å². The first-order valence-electron chi connectivity index (χ1n) is 3.54. The fourth-order valence-electron chi connectivity index (χ4n) is 0.845. The number of aromatic nitrogens is 2. The lowest BCUT2D eigenvalue weighted by molar-refractivity contribution is 0.413. The van der Waals surface area contributed by atoms with Crippen LogP contribution in [-0.4, -0.2) is 22.9 Å². The van der Waals surface area contributed by atoms with Crippen molar-refractivity contribution in [1.82, 2.24) is 9.78 Å². The smallest absolute Gasteiger partial charge is 0.156 e. The van der Waals surface area contributed by atoms with Gasteiger partial charge in [-0.25, -0.2) is 0 Å². The molecule has 0 aliphatic heterocycles. The van der Waals surface area contributed by atoms with Gasteiger partial charge in [0.15, 0.2) is 5.75 Å². The molecule has 11 heavy (non-hydrogen) atoms. The monoisotopic (exact) mass is 155 g/mol. The standard InChI is InChI=1S/C7H13N3O/c1-6(8)4-10-5-7(11-2)3-9-10/h3,5-6H,4,8H2,1-2H3/t6-/m0/s1. The number of ether oxygens (including phenoxy) is 1. The van der Waals surface area contributed by atoms with Gasteiger partial charge in [-0.2, -0.15) is 5.10 Å². The Labute approximate surface area is 66.0 Å². The Bertz CT molecular complexity index is 219. The summed E-state index contributed by atoms with van der Waals surface area (Å²) in [6.07, 6.45) is 3.49. The number of hydrogen-bond acceptors (Lipinski definition) is 3. The predicted octanol–water partition coefficient (Wildman–Crippen LogP) is 0.239. The number of hydrogen-bond donors (Lipinski definition) is 1. The van der Waals surface area contributed by atoms with E-state index in [1.54, 1.807) is 18.0 Å². The van der Waals surface area contributed by atoms with E-state index in [1.807, 2.05) is 13.1 Å². The van der Waals surface area contributed by atoms with Crippen molar-refractivity contribution in [1.29, 1.82) is 0 Å². The van der Waals surface area contributed by atoms with Crippen LogP contribution in [0.2, 0.25) is 0 Å². The molecule has 4 nitrogen and oxygen atoms in total. The van der Waals surface area contributed by atoms with Gasteiger partial charge in [0.1, 0.15) is 0 Å². The molecule has 1 heterocycles. The summed E-state index contributed by atoms with van der Waals surface area (Å²) >= 11 is 0. The molecule has 0 aliphatic rings. The van der Waals surface area contributed by atoms with E-state index >= 15 is 0 Å². The average Bonchev–Trinajstić information content (AvgIpc) is 2.34. The van der Waals surface area contributed by atoms with E-state index < -0.39 is 0 Å². The summed E-state index contributed by atoms with van der Waals surface area (Å²) < 4.78 is 6.72. The zero-order chi connectivity index (χ0) is 8.27. The maximum atomic E-state index is 5.57. The summed E-state index contributed by atoms with van der Waals surface area (Å²) in [6, 6.07) is 0.125. The third kappa shape index (κ3) is 2.23. The van der Waals surface area contributed by atoms with Gasteiger partial charge in [-0.1, -0.05) is 0 Å². The molecule has 0 saturated heterocycles. The van der Waals surface area contributed by atoms with Gasteiger partial charge < -0.3 is 10.5 Å². The zero-order valence-electron chi connectivity index (χ0n) is 6.82. The Balaban J connectivity index is 2.58. The maximum absolute atomic E-state index is 5.57. The van der Waals surface area contributed by atoms with E-state index in [2.05, 4.69) is 5.10 Å². The van der Waals surface area contributed by atoms with Gasteiger partial charge in [-0.05, 0) is 6.92 Å². The van der Waals surface area contributed by atoms with Gasteiger partial charge in [0.05, 0.1) is 26.0 Å². The number of nitrogens with two attached hydrogens (primary N) is 1. The highest BCUT2D eigenvalue weighted by atomic mass is 16.5. The van der Waals surface area contributed by atoms with Gasteiger partial charge in [-0.15, -0.1) is 0 Å². The molecule has 0 aromatic carbocycles. The zero-order valence-corrected chi connectivity index (χ0v) is 6.82. The van der Waals surface area contributed by atoms with Crippen LogP contribution in [-0.2, 0) is 6.54 Å². The average molecular weight is 155 g/mol. The number of nitrogens with zero attached hydrogens (tertiary/aromatic N) is 2. The van der Waals surface area contributed by atoms with Crippen molar-refractivity contribution in [2.24, 2.45) is 5.73 Å². The summed E-state index contributed by atoms with van der Waals surface area (Å²) in [4.78, 5) is 0. The minimum atomic E-state index is 0.125. The van der Waals surface area contributed by atoms with E-state index in [-0.39, 0.29) is 6.04 Å². The minimum Gasteiger partial charge on any atom is -0.493 e. The third-order valence-corrected chi connectivity index (χ3v) is 1.32. The first-order valence-corrected chi connectivity index (χ1v) is 3.54. The van der Waals surface area contributed by atoms with Gasteiger partial charge in [0.2, 0.25) is 0 Å². The first kappa shape index (κ1) is 8.07. The Morgan fingerprint density at radius 2 is 2.55 bits per heavy atom. The number of rotatable bonds is 3. The second-order valence-corrected chi connectivity index (χ2v) is 2.58. The molecule has 0 bridgehead atoms. The van der Waals surface area contributed by atoms with Gasteiger partial charge in [-0.3, -0.25) is 4.68 Å². The number of methoxy groups -OCH3 is 1. The molecule has 4 heteroatoms. The molecule has 0 radical (unpaired) electrons. The van der Waals surface area contributed by atoms with Crippen LogP contribution in [0.1, 0.15) is 6.92 Å². The molecule has 0 saturated carbocycles. The van der Waals surface area contributed by atoms with Crippen molar-refractivity contribution < 1.29 is 4.74 Å². The topological polar surface area (TPSA) is 53.1 Å². The lowest BCUT2D eigenvalue weighted by Crippen LogP contribution is -2.22. The SMILES string of the molecule is COc1cnn(C[C@H](C)N)c1. The van der Waals surface area contributed by atoms with E-state index in [9.17, 15) is 0 Å². The van der Waals surface area contributed by atoms with Crippen LogP contribution in [0.4, 0.5) is 0 Å². The molecule has 1 aromatic heterocycles. The van der Waals surface area contributed by atoms with Crippen molar-refractivity contribution >= 4 is 0 Å². The molecule has 62 valence electrons. The van der Waals surface area contributed by atoms with Crippen molar-refractivity contribution in [3.8, 4) is 5.75 Å². The molecule has 0 fully saturated rings. The summed E-state index contributed by atoms with van der Waals surface area (Å²) in [5.74, 6) is 0.769. The van der Waals surface area contributed by atoms with Crippen LogP contribution in [0.5, 0.6) is 5.75 Å². The summed E-state index contributed by atoms with van der Waals surface area (Å²) in [7, 11) is 1.62. The highest BCUT2D eigenvalue weighted by molar-refractivity contribution is 5.11. The molecule has 1 aromatic rings. The summed E-state index contributed by atoms with van der Waals surface area (Å²) in [5, 5.41) is 4.04. The largest absolute Gasteiger partial charge is 0.493 e. The highest BCUT2D eigenvalue weighted by Crippen LogP contribution is 2.06.